The molecule has 0 aliphatic carbocycles. The Hall–Kier alpha value is -5.19. The smallest absolute Gasteiger partial charge is 0.0970 e. The number of nitrogens with zero attached hydrogens (tertiary/aromatic N) is 3. The third kappa shape index (κ3) is 3.28. The largest absolute Gasteiger partial charge is 0.254 e. The predicted octanol–water partition coefficient (Wildman–Crippen LogP) is 10.2. The third-order valence-electron chi connectivity index (χ3n) is 8.13. The zero-order chi connectivity index (χ0) is 26.9. The molecule has 0 unspecified atom stereocenters. The molecule has 0 saturated heterocycles. The molecule has 3 nitrogen and oxygen atoms in total. The Morgan fingerprint density at radius 3 is 2.15 bits per heavy atom. The fraction of sp³-hybridized carbons (Fsp3) is 0. The van der Waals surface area contributed by atoms with Crippen LogP contribution in [0.2, 0.25) is 0 Å². The molecule has 4 aromatic heterocycles. The molecule has 190 valence electrons. The number of fused-ring (bicyclic) bond motifs is 10. The Morgan fingerprint density at radius 1 is 0.488 bits per heavy atom. The van der Waals surface area contributed by atoms with Gasteiger partial charge >= 0.3 is 0 Å². The number of hydrogen-bond donors (Lipinski definition) is 0. The van der Waals surface area contributed by atoms with Gasteiger partial charge in [-0.15, -0.1) is 11.3 Å². The monoisotopic (exact) mass is 539 g/mol. The van der Waals surface area contributed by atoms with Gasteiger partial charge in [0.05, 0.1) is 22.2 Å². The van der Waals surface area contributed by atoms with Gasteiger partial charge in [0.15, 0.2) is 0 Å². The Morgan fingerprint density at radius 2 is 1.22 bits per heavy atom. The van der Waals surface area contributed by atoms with E-state index >= 15 is 0 Å². The minimum Gasteiger partial charge on any atom is -0.254 e. The minimum atomic E-state index is 0.939. The molecule has 0 amide bonds. The van der Waals surface area contributed by atoms with Crippen LogP contribution in [0.15, 0.2) is 128 Å². The molecule has 4 heterocycles. The maximum absolute atomic E-state index is 5.15. The van der Waals surface area contributed by atoms with E-state index in [0.717, 1.165) is 38.6 Å². The number of rotatable bonds is 2. The highest BCUT2D eigenvalue weighted by Crippen LogP contribution is 2.47. The van der Waals surface area contributed by atoms with Gasteiger partial charge in [0.25, 0.3) is 0 Å². The molecule has 4 heteroatoms. The van der Waals surface area contributed by atoms with E-state index in [-0.39, 0.29) is 0 Å². The molecule has 0 radical (unpaired) electrons. The van der Waals surface area contributed by atoms with Gasteiger partial charge in [-0.25, -0.2) is 4.98 Å². The Bertz CT molecular complexity index is 2480. The fourth-order valence-electron chi connectivity index (χ4n) is 6.32. The summed E-state index contributed by atoms with van der Waals surface area (Å²) in [5, 5.41) is 8.41. The van der Waals surface area contributed by atoms with Gasteiger partial charge in [-0.2, -0.15) is 0 Å². The Labute approximate surface area is 239 Å². The van der Waals surface area contributed by atoms with Crippen molar-refractivity contribution in [3.05, 3.63) is 128 Å². The van der Waals surface area contributed by atoms with Crippen LogP contribution in [0.25, 0.3) is 86.0 Å². The van der Waals surface area contributed by atoms with Gasteiger partial charge in [-0.05, 0) is 29.8 Å². The Kier molecular flexibility index (Phi) is 4.77. The molecule has 0 atom stereocenters. The van der Waals surface area contributed by atoms with Crippen LogP contribution < -0.4 is 0 Å². The summed E-state index contributed by atoms with van der Waals surface area (Å²) in [6.07, 6.45) is 3.70. The van der Waals surface area contributed by atoms with E-state index in [2.05, 4.69) is 108 Å². The van der Waals surface area contributed by atoms with E-state index in [1.54, 1.807) is 0 Å². The molecule has 0 N–H and O–H groups in total. The van der Waals surface area contributed by atoms with E-state index in [1.165, 1.54) is 47.5 Å². The first-order chi connectivity index (χ1) is 20.3. The average molecular weight is 540 g/mol. The van der Waals surface area contributed by atoms with Crippen LogP contribution in [-0.4, -0.2) is 15.0 Å². The van der Waals surface area contributed by atoms with Crippen LogP contribution in [0, 0.1) is 0 Å². The summed E-state index contributed by atoms with van der Waals surface area (Å²) in [6, 6.07) is 40.9. The van der Waals surface area contributed by atoms with E-state index in [1.807, 2.05) is 35.9 Å². The van der Waals surface area contributed by atoms with Crippen molar-refractivity contribution in [2.24, 2.45) is 0 Å². The first kappa shape index (κ1) is 22.6. The maximum atomic E-state index is 5.15. The molecule has 0 aliphatic rings. The van der Waals surface area contributed by atoms with Crippen LogP contribution in [0.3, 0.4) is 0 Å². The summed E-state index contributed by atoms with van der Waals surface area (Å²) in [6.45, 7) is 0. The van der Waals surface area contributed by atoms with Crippen molar-refractivity contribution in [1.82, 2.24) is 15.0 Å². The van der Waals surface area contributed by atoms with Crippen molar-refractivity contribution >= 4 is 75.0 Å². The summed E-state index contributed by atoms with van der Waals surface area (Å²) in [7, 11) is 0. The van der Waals surface area contributed by atoms with Crippen molar-refractivity contribution in [1.29, 1.82) is 0 Å². The second-order valence-corrected chi connectivity index (χ2v) is 11.4. The molecule has 9 rings (SSSR count). The lowest BCUT2D eigenvalue weighted by molar-refractivity contribution is 1.37. The molecule has 0 fully saturated rings. The molecule has 5 aromatic carbocycles. The number of hydrogen-bond acceptors (Lipinski definition) is 4. The zero-order valence-electron chi connectivity index (χ0n) is 21.9. The summed E-state index contributed by atoms with van der Waals surface area (Å²) in [5.41, 5.74) is 7.46. The van der Waals surface area contributed by atoms with Crippen LogP contribution in [0.4, 0.5) is 0 Å². The first-order valence-electron chi connectivity index (χ1n) is 13.7. The third-order valence-corrected chi connectivity index (χ3v) is 9.40. The fourth-order valence-corrected chi connectivity index (χ4v) is 7.71. The van der Waals surface area contributed by atoms with E-state index in [0.29, 0.717) is 0 Å². The van der Waals surface area contributed by atoms with Crippen LogP contribution in [0.1, 0.15) is 0 Å². The topological polar surface area (TPSA) is 38.7 Å². The summed E-state index contributed by atoms with van der Waals surface area (Å²) in [5.74, 6) is 0. The highest BCUT2D eigenvalue weighted by molar-refractivity contribution is 7.27. The van der Waals surface area contributed by atoms with E-state index in [4.69, 9.17) is 9.97 Å². The van der Waals surface area contributed by atoms with Crippen molar-refractivity contribution in [3.8, 4) is 22.4 Å². The highest BCUT2D eigenvalue weighted by atomic mass is 32.1. The second-order valence-electron chi connectivity index (χ2n) is 10.4. The van der Waals surface area contributed by atoms with Crippen molar-refractivity contribution < 1.29 is 0 Å². The molecule has 0 spiro atoms. The number of aromatic nitrogens is 3. The van der Waals surface area contributed by atoms with Crippen molar-refractivity contribution in [2.75, 3.05) is 0 Å². The van der Waals surface area contributed by atoms with Gasteiger partial charge < -0.3 is 0 Å². The molecular weight excluding hydrogens is 518 g/mol. The lowest BCUT2D eigenvalue weighted by Crippen LogP contribution is -1.89. The molecule has 0 bridgehead atoms. The quantitative estimate of drug-likeness (QED) is 0.205. The summed E-state index contributed by atoms with van der Waals surface area (Å²) < 4.78 is 2.58. The molecule has 9 aromatic rings. The Balaban J connectivity index is 1.43. The van der Waals surface area contributed by atoms with Crippen LogP contribution in [0.5, 0.6) is 0 Å². The molecule has 0 aliphatic heterocycles. The number of pyridine rings is 3. The highest BCUT2D eigenvalue weighted by Gasteiger charge is 2.19. The van der Waals surface area contributed by atoms with E-state index < -0.39 is 0 Å². The van der Waals surface area contributed by atoms with Gasteiger partial charge in [-0.3, -0.25) is 9.97 Å². The maximum Gasteiger partial charge on any atom is 0.0970 e. The summed E-state index contributed by atoms with van der Waals surface area (Å²) >= 11 is 1.88. The van der Waals surface area contributed by atoms with Gasteiger partial charge in [-0.1, -0.05) is 91.0 Å². The number of thiophene rings is 1. The second kappa shape index (κ2) is 8.65. The van der Waals surface area contributed by atoms with Gasteiger partial charge in [0.2, 0.25) is 0 Å². The van der Waals surface area contributed by atoms with E-state index in [9.17, 15) is 0 Å². The lowest BCUT2D eigenvalue weighted by atomic mass is 9.95. The predicted molar refractivity (Wildman–Crippen MR) is 174 cm³/mol. The van der Waals surface area contributed by atoms with Gasteiger partial charge in [0.1, 0.15) is 0 Å². The number of para-hydroxylation sites is 1. The summed E-state index contributed by atoms with van der Waals surface area (Å²) in [4.78, 5) is 14.6. The van der Waals surface area contributed by atoms with Crippen LogP contribution in [-0.2, 0) is 0 Å². The molecule has 0 saturated carbocycles. The lowest BCUT2D eigenvalue weighted by Gasteiger charge is -2.11. The van der Waals surface area contributed by atoms with Crippen molar-refractivity contribution in [3.63, 3.8) is 0 Å². The normalized spacial score (nSPS) is 11.9. The molecule has 41 heavy (non-hydrogen) atoms. The SMILES string of the molecule is c1ccc(-c2nc3ccccc3c3c2ccc2c4cccc(-c5cc6cccnc6c6ncccc56)c4sc23)cc1. The molecular formula is C37H21N3S. The number of benzene rings is 5. The minimum absolute atomic E-state index is 0.939. The standard InChI is InChI=1S/C37H21N3S/c1-2-9-22(10-3-1)33-29-18-17-27-25-13-6-14-26(36(25)41-37(27)32(29)28-12-4-5-16-31(28)40-33)30-21-23-11-7-19-38-34(23)35-24(30)15-8-20-39-35/h1-21H. The van der Waals surface area contributed by atoms with Crippen LogP contribution >= 0.6 is 11.3 Å². The van der Waals surface area contributed by atoms with Gasteiger partial charge in [0, 0.05) is 70.6 Å². The van der Waals surface area contributed by atoms with Crippen molar-refractivity contribution in [2.45, 2.75) is 0 Å². The average Bonchev–Trinajstić information content (AvgIpc) is 3.43. The zero-order valence-corrected chi connectivity index (χ0v) is 22.7. The first-order valence-corrected chi connectivity index (χ1v) is 14.5.